The molecule has 0 spiro atoms. The number of carbonyl (C=O) groups is 4. The van der Waals surface area contributed by atoms with Crippen LogP contribution in [0.4, 0.5) is 4.79 Å². The van der Waals surface area contributed by atoms with E-state index in [1.165, 1.54) is 11.0 Å². The number of ether oxygens (including phenoxy) is 2. The van der Waals surface area contributed by atoms with Crippen molar-refractivity contribution in [2.75, 3.05) is 45.9 Å². The molecule has 1 aromatic carbocycles. The maximum Gasteiger partial charge on any atom is 0.409 e. The van der Waals surface area contributed by atoms with Crippen LogP contribution in [0.25, 0.3) is 0 Å². The summed E-state index contributed by atoms with van der Waals surface area (Å²) in [6.07, 6.45) is 1.26. The van der Waals surface area contributed by atoms with Crippen molar-refractivity contribution in [2.45, 2.75) is 25.9 Å². The summed E-state index contributed by atoms with van der Waals surface area (Å²) < 4.78 is 10.5. The Kier molecular flexibility index (Phi) is 5.72. The number of imide groups is 1. The number of hydrogen-bond acceptors (Lipinski definition) is 6. The summed E-state index contributed by atoms with van der Waals surface area (Å²) in [5.41, 5.74) is 0.939. The van der Waals surface area contributed by atoms with Crippen LogP contribution in [0.3, 0.4) is 0 Å². The van der Waals surface area contributed by atoms with Gasteiger partial charge in [0.25, 0.3) is 17.7 Å². The fourth-order valence-corrected chi connectivity index (χ4v) is 4.07. The van der Waals surface area contributed by atoms with Gasteiger partial charge in [-0.1, -0.05) is 0 Å². The fourth-order valence-electron chi connectivity index (χ4n) is 4.07. The van der Waals surface area contributed by atoms with Gasteiger partial charge in [-0.15, -0.1) is 0 Å². The molecule has 0 radical (unpaired) electrons. The summed E-state index contributed by atoms with van der Waals surface area (Å²) in [6, 6.07) is 4.64. The fraction of sp³-hybridized carbons (Fsp3) is 0.524. The number of carbonyl (C=O) groups excluding carboxylic acids is 4. The van der Waals surface area contributed by atoms with Gasteiger partial charge in [-0.3, -0.25) is 19.3 Å². The first kappa shape index (κ1) is 20.3. The highest BCUT2D eigenvalue weighted by Gasteiger charge is 2.38. The van der Waals surface area contributed by atoms with E-state index >= 15 is 0 Å². The lowest BCUT2D eigenvalue weighted by Gasteiger charge is -2.34. The van der Waals surface area contributed by atoms with Gasteiger partial charge in [-0.25, -0.2) is 4.79 Å². The number of fused-ring (bicyclic) bond motifs is 1. The molecule has 4 amide bonds. The second-order valence-corrected chi connectivity index (χ2v) is 7.59. The molecule has 1 unspecified atom stereocenters. The molecule has 3 aliphatic rings. The number of benzene rings is 1. The lowest BCUT2D eigenvalue weighted by Crippen LogP contribution is -2.50. The zero-order valence-corrected chi connectivity index (χ0v) is 17.0. The molecule has 9 nitrogen and oxygen atoms in total. The van der Waals surface area contributed by atoms with Gasteiger partial charge in [0.1, 0.15) is 0 Å². The Hall–Kier alpha value is -2.94. The van der Waals surface area contributed by atoms with Crippen LogP contribution in [0.1, 0.15) is 50.8 Å². The first-order valence-corrected chi connectivity index (χ1v) is 10.3. The van der Waals surface area contributed by atoms with Gasteiger partial charge in [0.05, 0.1) is 30.4 Å². The number of rotatable bonds is 4. The number of nitrogens with zero attached hydrogens (tertiary/aromatic N) is 3. The van der Waals surface area contributed by atoms with E-state index in [1.807, 2.05) is 0 Å². The maximum absolute atomic E-state index is 12.9. The molecule has 0 saturated carbocycles. The molecule has 30 heavy (non-hydrogen) atoms. The Bertz CT molecular complexity index is 871. The van der Waals surface area contributed by atoms with E-state index in [0.29, 0.717) is 50.5 Å². The van der Waals surface area contributed by atoms with Crippen LogP contribution in [-0.2, 0) is 9.47 Å². The summed E-state index contributed by atoms with van der Waals surface area (Å²) in [7, 11) is 0. The van der Waals surface area contributed by atoms with E-state index in [9.17, 15) is 19.2 Å². The molecular weight excluding hydrogens is 390 g/mol. The van der Waals surface area contributed by atoms with E-state index in [1.54, 1.807) is 28.9 Å². The molecule has 9 heteroatoms. The van der Waals surface area contributed by atoms with E-state index in [0.717, 1.165) is 12.8 Å². The molecule has 1 aromatic rings. The van der Waals surface area contributed by atoms with Crippen molar-refractivity contribution in [1.82, 2.24) is 14.7 Å². The largest absolute Gasteiger partial charge is 0.450 e. The van der Waals surface area contributed by atoms with Gasteiger partial charge in [-0.2, -0.15) is 0 Å². The minimum Gasteiger partial charge on any atom is -0.450 e. The molecule has 160 valence electrons. The summed E-state index contributed by atoms with van der Waals surface area (Å²) >= 11 is 0. The average molecular weight is 415 g/mol. The van der Waals surface area contributed by atoms with Crippen molar-refractivity contribution in [3.8, 4) is 0 Å². The highest BCUT2D eigenvalue weighted by atomic mass is 16.6. The first-order valence-electron chi connectivity index (χ1n) is 10.3. The molecule has 2 fully saturated rings. The van der Waals surface area contributed by atoms with Crippen LogP contribution < -0.4 is 0 Å². The van der Waals surface area contributed by atoms with Gasteiger partial charge >= 0.3 is 6.09 Å². The second kappa shape index (κ2) is 8.43. The SMILES string of the molecule is CCOC(=O)N1CCN(C(=O)c2ccc3c(c2)C(=O)N(CC2CCCO2)C3=O)CC1. The van der Waals surface area contributed by atoms with Gasteiger partial charge in [-0.05, 0) is 38.0 Å². The highest BCUT2D eigenvalue weighted by molar-refractivity contribution is 6.22. The van der Waals surface area contributed by atoms with Crippen LogP contribution in [0.5, 0.6) is 0 Å². The second-order valence-electron chi connectivity index (χ2n) is 7.59. The van der Waals surface area contributed by atoms with Crippen molar-refractivity contribution >= 4 is 23.8 Å². The van der Waals surface area contributed by atoms with Crippen LogP contribution in [0.2, 0.25) is 0 Å². The van der Waals surface area contributed by atoms with Gasteiger partial charge in [0, 0.05) is 38.3 Å². The molecule has 2 saturated heterocycles. The standard InChI is InChI=1S/C21H25N3O6/c1-2-29-21(28)23-9-7-22(8-10-23)18(25)14-5-6-16-17(12-14)20(27)24(19(16)26)13-15-4-3-11-30-15/h5-6,12,15H,2-4,7-11,13H2,1H3. The van der Waals surface area contributed by atoms with Crippen LogP contribution in [0.15, 0.2) is 18.2 Å². The maximum atomic E-state index is 12.9. The monoisotopic (exact) mass is 415 g/mol. The number of piperazine rings is 1. The third-order valence-corrected chi connectivity index (χ3v) is 5.72. The zero-order valence-electron chi connectivity index (χ0n) is 17.0. The summed E-state index contributed by atoms with van der Waals surface area (Å²) in [4.78, 5) is 54.6. The van der Waals surface area contributed by atoms with Crippen molar-refractivity contribution in [1.29, 1.82) is 0 Å². The molecule has 0 bridgehead atoms. The minimum atomic E-state index is -0.382. The highest BCUT2D eigenvalue weighted by Crippen LogP contribution is 2.26. The van der Waals surface area contributed by atoms with E-state index in [2.05, 4.69) is 0 Å². The minimum absolute atomic E-state index is 0.121. The Morgan fingerprint density at radius 3 is 2.43 bits per heavy atom. The summed E-state index contributed by atoms with van der Waals surface area (Å²) in [6.45, 7) is 4.49. The predicted molar refractivity (Wildman–Crippen MR) is 105 cm³/mol. The molecule has 3 aliphatic heterocycles. The topological polar surface area (TPSA) is 96.5 Å². The van der Waals surface area contributed by atoms with E-state index in [4.69, 9.17) is 9.47 Å². The van der Waals surface area contributed by atoms with Crippen LogP contribution in [-0.4, -0.2) is 90.6 Å². The van der Waals surface area contributed by atoms with Crippen molar-refractivity contribution in [3.05, 3.63) is 34.9 Å². The molecule has 3 heterocycles. The Labute approximate surface area is 174 Å². The smallest absolute Gasteiger partial charge is 0.409 e. The summed E-state index contributed by atoms with van der Waals surface area (Å²) in [5, 5.41) is 0. The van der Waals surface area contributed by atoms with Gasteiger partial charge in [0.15, 0.2) is 0 Å². The summed E-state index contributed by atoms with van der Waals surface area (Å²) in [5.74, 6) is -0.945. The van der Waals surface area contributed by atoms with Crippen LogP contribution >= 0.6 is 0 Å². The molecule has 0 N–H and O–H groups in total. The van der Waals surface area contributed by atoms with Gasteiger partial charge < -0.3 is 19.3 Å². The Morgan fingerprint density at radius 1 is 1.07 bits per heavy atom. The normalized spacial score (nSPS) is 21.2. The van der Waals surface area contributed by atoms with E-state index in [-0.39, 0.29) is 42.0 Å². The van der Waals surface area contributed by atoms with Crippen molar-refractivity contribution in [3.63, 3.8) is 0 Å². The molecule has 4 rings (SSSR count). The molecular formula is C21H25N3O6. The van der Waals surface area contributed by atoms with E-state index < -0.39 is 0 Å². The molecule has 1 atom stereocenters. The first-order chi connectivity index (χ1) is 14.5. The third-order valence-electron chi connectivity index (χ3n) is 5.72. The zero-order chi connectivity index (χ0) is 21.3. The van der Waals surface area contributed by atoms with Crippen molar-refractivity contribution in [2.24, 2.45) is 0 Å². The quantitative estimate of drug-likeness (QED) is 0.690. The number of amides is 4. The average Bonchev–Trinajstić information content (AvgIpc) is 3.36. The molecule has 0 aliphatic carbocycles. The van der Waals surface area contributed by atoms with Crippen molar-refractivity contribution < 1.29 is 28.7 Å². The predicted octanol–water partition coefficient (Wildman–Crippen LogP) is 1.38. The van der Waals surface area contributed by atoms with Gasteiger partial charge in [0.2, 0.25) is 0 Å². The lowest BCUT2D eigenvalue weighted by molar-refractivity contribution is 0.0475. The molecule has 0 aromatic heterocycles. The Morgan fingerprint density at radius 2 is 1.77 bits per heavy atom. The third kappa shape index (κ3) is 3.77. The lowest BCUT2D eigenvalue weighted by atomic mass is 10.0. The van der Waals surface area contributed by atoms with Crippen LogP contribution in [0, 0.1) is 0 Å². The number of hydrogen-bond donors (Lipinski definition) is 0. The Balaban J connectivity index is 1.43.